The molecule has 0 bridgehead atoms. The van der Waals surface area contributed by atoms with Crippen molar-refractivity contribution in [1.82, 2.24) is 9.80 Å². The maximum Gasteiger partial charge on any atom is 0.189 e. The molecule has 0 unspecified atom stereocenters. The van der Waals surface area contributed by atoms with Gasteiger partial charge in [0.1, 0.15) is 5.54 Å². The highest BCUT2D eigenvalue weighted by Crippen LogP contribution is 2.69. The first kappa shape index (κ1) is 29.7. The molecule has 228 valence electrons. The third-order valence-corrected chi connectivity index (χ3v) is 12.4. The van der Waals surface area contributed by atoms with Gasteiger partial charge in [0.2, 0.25) is 0 Å². The van der Waals surface area contributed by atoms with E-state index >= 15 is 9.59 Å². The van der Waals surface area contributed by atoms with E-state index in [-0.39, 0.29) is 17.6 Å². The summed E-state index contributed by atoms with van der Waals surface area (Å²) in [6.45, 7) is 1.49. The van der Waals surface area contributed by atoms with Gasteiger partial charge in [-0.15, -0.1) is 0 Å². The van der Waals surface area contributed by atoms with Gasteiger partial charge in [0.25, 0.3) is 0 Å². The topological polar surface area (TPSA) is 40.6 Å². The minimum atomic E-state index is -1.24. The molecule has 8 heteroatoms. The Bertz CT molecular complexity index is 1970. The zero-order valence-corrected chi connectivity index (χ0v) is 27.6. The molecule has 3 aliphatic heterocycles. The molecule has 0 saturated carbocycles. The van der Waals surface area contributed by atoms with Gasteiger partial charge in [-0.05, 0) is 72.1 Å². The second-order valence-electron chi connectivity index (χ2n) is 12.9. The molecule has 4 aromatic carbocycles. The van der Waals surface area contributed by atoms with E-state index in [4.69, 9.17) is 46.4 Å². The summed E-state index contributed by atoms with van der Waals surface area (Å²) < 4.78 is 0. The number of fused-ring (bicyclic) bond motifs is 4. The van der Waals surface area contributed by atoms with Crippen LogP contribution < -0.4 is 0 Å². The first-order valence-corrected chi connectivity index (χ1v) is 16.9. The zero-order valence-electron chi connectivity index (χ0n) is 24.6. The molecular formula is C37H30Cl4N2O2. The van der Waals surface area contributed by atoms with E-state index in [9.17, 15) is 0 Å². The molecule has 45 heavy (non-hydrogen) atoms. The van der Waals surface area contributed by atoms with E-state index in [0.717, 1.165) is 41.2 Å². The molecular weight excluding hydrogens is 646 g/mol. The summed E-state index contributed by atoms with van der Waals surface area (Å²) in [5, 5.41) is 3.63. The lowest BCUT2D eigenvalue weighted by Gasteiger charge is -2.52. The van der Waals surface area contributed by atoms with Gasteiger partial charge in [0.05, 0.1) is 25.5 Å². The van der Waals surface area contributed by atoms with Crippen LogP contribution >= 0.6 is 46.4 Å². The number of hydrogen-bond acceptors (Lipinski definition) is 4. The van der Waals surface area contributed by atoms with Crippen LogP contribution in [-0.4, -0.2) is 54.1 Å². The highest BCUT2D eigenvalue weighted by molar-refractivity contribution is 6.43. The monoisotopic (exact) mass is 674 g/mol. The average molecular weight is 676 g/mol. The number of likely N-dealkylation sites (N-methyl/N-ethyl adjacent to an activating group) is 1. The Morgan fingerprint density at radius 1 is 0.822 bits per heavy atom. The van der Waals surface area contributed by atoms with Crippen molar-refractivity contribution in [2.45, 2.75) is 36.8 Å². The van der Waals surface area contributed by atoms with Gasteiger partial charge in [-0.3, -0.25) is 14.5 Å². The van der Waals surface area contributed by atoms with Crippen LogP contribution in [-0.2, 0) is 10.3 Å². The molecule has 0 N–H and O–H groups in total. The van der Waals surface area contributed by atoms with Crippen LogP contribution in [0.5, 0.6) is 0 Å². The summed E-state index contributed by atoms with van der Waals surface area (Å²) in [5.74, 6) is -0.457. The lowest BCUT2D eigenvalue weighted by atomic mass is 9.54. The smallest absolute Gasteiger partial charge is 0.189 e. The second kappa shape index (κ2) is 10.7. The molecule has 1 aliphatic carbocycles. The lowest BCUT2D eigenvalue weighted by molar-refractivity contribution is -0.134. The maximum atomic E-state index is 15.8. The van der Waals surface area contributed by atoms with Crippen molar-refractivity contribution in [2.24, 2.45) is 5.41 Å². The highest BCUT2D eigenvalue weighted by atomic mass is 35.5. The Morgan fingerprint density at radius 2 is 1.53 bits per heavy atom. The minimum Gasteiger partial charge on any atom is -0.301 e. The van der Waals surface area contributed by atoms with Gasteiger partial charge >= 0.3 is 0 Å². The van der Waals surface area contributed by atoms with E-state index in [0.29, 0.717) is 56.4 Å². The fraction of sp³-hybridized carbons (Fsp3) is 0.297. The fourth-order valence-corrected chi connectivity index (χ4v) is 10.1. The molecule has 4 nitrogen and oxygen atoms in total. The van der Waals surface area contributed by atoms with Crippen molar-refractivity contribution in [3.05, 3.63) is 121 Å². The summed E-state index contributed by atoms with van der Waals surface area (Å²) in [6.07, 6.45) is 4.64. The lowest BCUT2D eigenvalue weighted by Crippen LogP contribution is -2.65. The molecule has 0 radical (unpaired) electrons. The van der Waals surface area contributed by atoms with Crippen molar-refractivity contribution in [3.8, 4) is 0 Å². The van der Waals surface area contributed by atoms with Crippen molar-refractivity contribution < 1.29 is 9.59 Å². The number of rotatable bonds is 2. The molecule has 0 aromatic heterocycles. The molecule has 0 amide bonds. The molecule has 8 rings (SSSR count). The maximum absolute atomic E-state index is 15.8. The molecule has 3 heterocycles. The van der Waals surface area contributed by atoms with E-state index in [1.807, 2.05) is 55.6 Å². The van der Waals surface area contributed by atoms with Crippen LogP contribution in [0.4, 0.5) is 0 Å². The van der Waals surface area contributed by atoms with E-state index in [1.54, 1.807) is 12.1 Å². The van der Waals surface area contributed by atoms with Crippen LogP contribution in [0.15, 0.2) is 78.4 Å². The van der Waals surface area contributed by atoms with Crippen LogP contribution in [0, 0.1) is 5.41 Å². The molecule has 3 fully saturated rings. The Labute approximate surface area is 282 Å². The Hall–Kier alpha value is -2.70. The molecule has 2 spiro atoms. The predicted molar refractivity (Wildman–Crippen MR) is 183 cm³/mol. The number of benzene rings is 4. The summed E-state index contributed by atoms with van der Waals surface area (Å²) in [7, 11) is 2.02. The summed E-state index contributed by atoms with van der Waals surface area (Å²) >= 11 is 26.9. The van der Waals surface area contributed by atoms with Crippen molar-refractivity contribution >= 4 is 74.8 Å². The van der Waals surface area contributed by atoms with Crippen LogP contribution in [0.3, 0.4) is 0 Å². The first-order chi connectivity index (χ1) is 21.7. The quantitative estimate of drug-likeness (QED) is 0.199. The largest absolute Gasteiger partial charge is 0.301 e. The standard InChI is InChI=1S/C37H30Cl4N2O2/c1-42-19-23(18-22-10-6-14-27(38)32(22)40)34(44)36(20-42)31(25-12-7-15-28(39)33(25)41)29-16-2-3-17-43(29)37(36)26-13-5-9-21-8-4-11-24(30(21)26)35(37)45/h4-15,18,29,31H,2-3,16-17,19-20H2,1H3/b23-18+/t29-,31-,36-,37-/m0/s1. The fourth-order valence-electron chi connectivity index (χ4n) is 9.29. The number of halogens is 4. The van der Waals surface area contributed by atoms with E-state index < -0.39 is 16.9 Å². The summed E-state index contributed by atoms with van der Waals surface area (Å²) in [6, 6.07) is 23.1. The third kappa shape index (κ3) is 3.88. The van der Waals surface area contributed by atoms with Crippen LogP contribution in [0.2, 0.25) is 20.1 Å². The predicted octanol–water partition coefficient (Wildman–Crippen LogP) is 9.08. The number of Topliss-reactive ketones (excluding diaryl/α,β-unsaturated/α-hetero) is 2. The Balaban J connectivity index is 1.49. The molecule has 3 saturated heterocycles. The molecule has 4 atom stereocenters. The minimum absolute atomic E-state index is 0.00867. The number of ketones is 2. The van der Waals surface area contributed by atoms with Crippen molar-refractivity contribution in [2.75, 3.05) is 26.7 Å². The van der Waals surface area contributed by atoms with Gasteiger partial charge in [0.15, 0.2) is 11.6 Å². The van der Waals surface area contributed by atoms with E-state index in [2.05, 4.69) is 28.0 Å². The van der Waals surface area contributed by atoms with Crippen LogP contribution in [0.25, 0.3) is 16.8 Å². The highest BCUT2D eigenvalue weighted by Gasteiger charge is 2.77. The first-order valence-electron chi connectivity index (χ1n) is 15.4. The average Bonchev–Trinajstić information content (AvgIpc) is 3.44. The van der Waals surface area contributed by atoms with Gasteiger partial charge in [-0.25, -0.2) is 0 Å². The summed E-state index contributed by atoms with van der Waals surface area (Å²) in [4.78, 5) is 35.8. The Kier molecular flexibility index (Phi) is 7.04. The van der Waals surface area contributed by atoms with Gasteiger partial charge in [-0.2, -0.15) is 0 Å². The summed E-state index contributed by atoms with van der Waals surface area (Å²) in [5.41, 5.74) is 1.21. The number of nitrogens with zero attached hydrogens (tertiary/aromatic N) is 2. The number of carbonyl (C=O) groups excluding carboxylic acids is 2. The zero-order chi connectivity index (χ0) is 31.2. The second-order valence-corrected chi connectivity index (χ2v) is 14.5. The molecule has 4 aliphatic rings. The SMILES string of the molecule is CN1C/C(=C\c2cccc(Cl)c2Cl)C(=O)[C@]2(C1)[C@@H](c1cccc(Cl)c1Cl)[C@@H]1CCCCN1[C@@]21C(=O)c2cccc3cccc1c23. The van der Waals surface area contributed by atoms with Crippen molar-refractivity contribution in [3.63, 3.8) is 0 Å². The van der Waals surface area contributed by atoms with Gasteiger partial charge in [0, 0.05) is 36.2 Å². The Morgan fingerprint density at radius 3 is 2.33 bits per heavy atom. The number of likely N-dealkylation sites (tertiary alicyclic amines) is 1. The number of hydrogen-bond donors (Lipinski definition) is 0. The van der Waals surface area contributed by atoms with E-state index in [1.165, 1.54) is 0 Å². The normalized spacial score (nSPS) is 29.0. The molecule has 4 aromatic rings. The number of carbonyl (C=O) groups is 2. The van der Waals surface area contributed by atoms with Gasteiger partial charge in [-0.1, -0.05) is 113 Å². The van der Waals surface area contributed by atoms with Gasteiger partial charge < -0.3 is 4.90 Å². The van der Waals surface area contributed by atoms with Crippen molar-refractivity contribution in [1.29, 1.82) is 0 Å². The number of piperidine rings is 2. The van der Waals surface area contributed by atoms with Crippen LogP contribution in [0.1, 0.15) is 52.2 Å². The third-order valence-electron chi connectivity index (χ3n) is 10.7.